The molecule has 0 aliphatic heterocycles. The number of rotatable bonds is 7. The lowest BCUT2D eigenvalue weighted by Crippen LogP contribution is -2.14. The molecule has 0 fully saturated rings. The molecule has 0 bridgehead atoms. The smallest absolute Gasteiger partial charge is 0.338 e. The molecule has 1 heterocycles. The van der Waals surface area contributed by atoms with E-state index >= 15 is 0 Å². The maximum absolute atomic E-state index is 12.8. The van der Waals surface area contributed by atoms with Crippen molar-refractivity contribution in [3.8, 4) is 0 Å². The number of pyridine rings is 1. The Balaban J connectivity index is 1.66. The van der Waals surface area contributed by atoms with Gasteiger partial charge in [0.05, 0.1) is 34.5 Å². The number of aromatic nitrogens is 1. The summed E-state index contributed by atoms with van der Waals surface area (Å²) in [6.45, 7) is 8.28. The fourth-order valence-electron chi connectivity index (χ4n) is 3.10. The largest absolute Gasteiger partial charge is 0.465 e. The van der Waals surface area contributed by atoms with Gasteiger partial charge in [-0.05, 0) is 53.3 Å². The third kappa shape index (κ3) is 6.36. The zero-order valence-electron chi connectivity index (χ0n) is 19.4. The highest BCUT2D eigenvalue weighted by atomic mass is 32.2. The lowest BCUT2D eigenvalue weighted by Gasteiger charge is -2.19. The minimum Gasteiger partial charge on any atom is -0.465 e. The number of nitrogens with one attached hydrogen (secondary N) is 1. The van der Waals surface area contributed by atoms with Gasteiger partial charge in [0.15, 0.2) is 0 Å². The number of aryl methyl sites for hydroxylation is 1. The van der Waals surface area contributed by atoms with E-state index in [1.165, 1.54) is 36.6 Å². The van der Waals surface area contributed by atoms with Crippen LogP contribution in [0.5, 0.6) is 0 Å². The van der Waals surface area contributed by atoms with Crippen molar-refractivity contribution >= 4 is 33.4 Å². The second kappa shape index (κ2) is 9.97. The third-order valence-electron chi connectivity index (χ3n) is 5.12. The van der Waals surface area contributed by atoms with Gasteiger partial charge in [-0.15, -0.1) is 11.8 Å². The summed E-state index contributed by atoms with van der Waals surface area (Å²) in [5, 5.41) is 0.793. The van der Waals surface area contributed by atoms with Crippen molar-refractivity contribution < 1.29 is 17.9 Å². The summed E-state index contributed by atoms with van der Waals surface area (Å²) in [4.78, 5) is 16.2. The monoisotopic (exact) mass is 484 g/mol. The van der Waals surface area contributed by atoms with E-state index in [1.54, 1.807) is 36.9 Å². The van der Waals surface area contributed by atoms with Crippen molar-refractivity contribution in [1.82, 2.24) is 4.98 Å². The molecule has 174 valence electrons. The van der Waals surface area contributed by atoms with Crippen LogP contribution < -0.4 is 4.72 Å². The number of ether oxygens (including phenoxy) is 1. The number of anilines is 1. The van der Waals surface area contributed by atoms with Gasteiger partial charge in [-0.2, -0.15) is 0 Å². The summed E-state index contributed by atoms with van der Waals surface area (Å²) in [5.74, 6) is 0.183. The van der Waals surface area contributed by atoms with Crippen molar-refractivity contribution in [2.75, 3.05) is 11.8 Å². The molecule has 3 rings (SSSR count). The van der Waals surface area contributed by atoms with Gasteiger partial charge in [0.25, 0.3) is 10.0 Å². The van der Waals surface area contributed by atoms with Crippen molar-refractivity contribution in [1.29, 1.82) is 0 Å². The number of esters is 1. The summed E-state index contributed by atoms with van der Waals surface area (Å²) in [6, 6.07) is 16.3. The first-order chi connectivity index (χ1) is 15.5. The van der Waals surface area contributed by atoms with Crippen LogP contribution in [-0.2, 0) is 25.9 Å². The molecule has 0 amide bonds. The highest BCUT2D eigenvalue weighted by Crippen LogP contribution is 2.26. The average Bonchev–Trinajstić information content (AvgIpc) is 2.77. The third-order valence-corrected chi connectivity index (χ3v) is 7.51. The Labute approximate surface area is 199 Å². The van der Waals surface area contributed by atoms with Crippen LogP contribution in [0.4, 0.5) is 5.69 Å². The molecule has 0 aliphatic carbocycles. The molecule has 0 unspecified atom stereocenters. The first kappa shape index (κ1) is 24.8. The van der Waals surface area contributed by atoms with Gasteiger partial charge < -0.3 is 4.74 Å². The lowest BCUT2D eigenvalue weighted by atomic mass is 9.87. The number of carbonyl (C=O) groups is 1. The summed E-state index contributed by atoms with van der Waals surface area (Å²) in [6.07, 6.45) is 1.48. The van der Waals surface area contributed by atoms with E-state index < -0.39 is 16.0 Å². The summed E-state index contributed by atoms with van der Waals surface area (Å²) < 4.78 is 32.8. The Hall–Kier alpha value is -2.84. The molecule has 8 heteroatoms. The number of methoxy groups -OCH3 is 1. The van der Waals surface area contributed by atoms with E-state index in [-0.39, 0.29) is 15.9 Å². The molecule has 33 heavy (non-hydrogen) atoms. The van der Waals surface area contributed by atoms with Gasteiger partial charge in [-0.3, -0.25) is 4.72 Å². The van der Waals surface area contributed by atoms with E-state index in [4.69, 9.17) is 4.74 Å². The predicted octanol–water partition coefficient (Wildman–Crippen LogP) is 5.57. The number of hydrogen-bond donors (Lipinski definition) is 1. The zero-order chi connectivity index (χ0) is 24.2. The van der Waals surface area contributed by atoms with Gasteiger partial charge in [0.1, 0.15) is 0 Å². The second-order valence-corrected chi connectivity index (χ2v) is 11.4. The molecule has 2 aromatic carbocycles. The van der Waals surface area contributed by atoms with Gasteiger partial charge >= 0.3 is 5.97 Å². The van der Waals surface area contributed by atoms with Crippen LogP contribution in [-0.4, -0.2) is 26.5 Å². The van der Waals surface area contributed by atoms with Gasteiger partial charge in [0, 0.05) is 5.75 Å². The molecule has 0 radical (unpaired) electrons. The molecule has 0 saturated heterocycles. The van der Waals surface area contributed by atoms with Crippen LogP contribution in [0.3, 0.4) is 0 Å². The van der Waals surface area contributed by atoms with Gasteiger partial charge in [-0.1, -0.05) is 51.1 Å². The normalized spacial score (nSPS) is 11.8. The number of benzene rings is 2. The van der Waals surface area contributed by atoms with Crippen molar-refractivity contribution in [3.63, 3.8) is 0 Å². The number of sulfonamides is 1. The van der Waals surface area contributed by atoms with Crippen LogP contribution in [0.1, 0.15) is 47.8 Å². The Morgan fingerprint density at radius 2 is 1.76 bits per heavy atom. The molecule has 0 spiro atoms. The van der Waals surface area contributed by atoms with Gasteiger partial charge in [0.2, 0.25) is 0 Å². The van der Waals surface area contributed by atoms with Crippen molar-refractivity contribution in [2.24, 2.45) is 0 Å². The standard InChI is InChI=1S/C25H28N2O4S2/c1-17-6-12-21(14-22(17)24(28)31-5)33(29,30)27-20-11-13-23(26-15-20)32-16-18-7-9-19(10-8-18)25(2,3)4/h6-15,27H,16H2,1-5H3. The predicted molar refractivity (Wildman–Crippen MR) is 132 cm³/mol. The highest BCUT2D eigenvalue weighted by molar-refractivity contribution is 7.98. The Morgan fingerprint density at radius 3 is 2.33 bits per heavy atom. The SMILES string of the molecule is COC(=O)c1cc(S(=O)(=O)Nc2ccc(SCc3ccc(C(C)(C)C)cc3)nc2)ccc1C. The minimum absolute atomic E-state index is 0.0225. The summed E-state index contributed by atoms with van der Waals surface area (Å²) in [5.41, 5.74) is 3.79. The first-order valence-corrected chi connectivity index (χ1v) is 12.9. The molecule has 0 saturated carbocycles. The number of nitrogens with zero attached hydrogens (tertiary/aromatic N) is 1. The minimum atomic E-state index is -3.88. The van der Waals surface area contributed by atoms with Crippen LogP contribution in [0.25, 0.3) is 0 Å². The summed E-state index contributed by atoms with van der Waals surface area (Å²) >= 11 is 1.58. The Morgan fingerprint density at radius 1 is 1.06 bits per heavy atom. The van der Waals surface area contributed by atoms with E-state index in [9.17, 15) is 13.2 Å². The van der Waals surface area contributed by atoms with E-state index in [2.05, 4.69) is 54.7 Å². The number of hydrogen-bond acceptors (Lipinski definition) is 6. The van der Waals surface area contributed by atoms with E-state index in [1.807, 2.05) is 0 Å². The number of thioether (sulfide) groups is 1. The zero-order valence-corrected chi connectivity index (χ0v) is 21.0. The van der Waals surface area contributed by atoms with Crippen molar-refractivity contribution in [3.05, 3.63) is 83.0 Å². The topological polar surface area (TPSA) is 85.4 Å². The molecule has 3 aromatic rings. The molecule has 6 nitrogen and oxygen atoms in total. The van der Waals surface area contributed by atoms with Crippen LogP contribution in [0, 0.1) is 6.92 Å². The fraction of sp³-hybridized carbons (Fsp3) is 0.280. The molecular formula is C25H28N2O4S2. The Bertz CT molecular complexity index is 1230. The van der Waals surface area contributed by atoms with Crippen LogP contribution >= 0.6 is 11.8 Å². The molecule has 1 aromatic heterocycles. The molecular weight excluding hydrogens is 456 g/mol. The lowest BCUT2D eigenvalue weighted by molar-refractivity contribution is 0.0599. The van der Waals surface area contributed by atoms with Crippen molar-refractivity contribution in [2.45, 2.75) is 48.8 Å². The first-order valence-electron chi connectivity index (χ1n) is 10.4. The van der Waals surface area contributed by atoms with E-state index in [0.29, 0.717) is 11.3 Å². The Kier molecular flexibility index (Phi) is 7.49. The average molecular weight is 485 g/mol. The number of carbonyl (C=O) groups excluding carboxylic acids is 1. The van der Waals surface area contributed by atoms with E-state index in [0.717, 1.165) is 10.8 Å². The summed E-state index contributed by atoms with van der Waals surface area (Å²) in [7, 11) is -2.63. The molecule has 1 N–H and O–H groups in total. The highest BCUT2D eigenvalue weighted by Gasteiger charge is 2.19. The quantitative estimate of drug-likeness (QED) is 0.349. The van der Waals surface area contributed by atoms with Crippen LogP contribution in [0.2, 0.25) is 0 Å². The second-order valence-electron chi connectivity index (χ2n) is 8.69. The maximum Gasteiger partial charge on any atom is 0.338 e. The maximum atomic E-state index is 12.8. The van der Waals surface area contributed by atoms with Gasteiger partial charge in [-0.25, -0.2) is 18.2 Å². The molecule has 0 atom stereocenters. The molecule has 0 aliphatic rings. The van der Waals surface area contributed by atoms with Crippen LogP contribution in [0.15, 0.2) is 70.7 Å². The fourth-order valence-corrected chi connectivity index (χ4v) is 4.96.